The molecule has 0 amide bonds. The second kappa shape index (κ2) is 6.17. The molecule has 4 nitrogen and oxygen atoms in total. The first-order chi connectivity index (χ1) is 10.0. The van der Waals surface area contributed by atoms with Gasteiger partial charge < -0.3 is 5.32 Å². The summed E-state index contributed by atoms with van der Waals surface area (Å²) in [6.07, 6.45) is 9.19. The predicted molar refractivity (Wildman–Crippen MR) is 86.2 cm³/mol. The molecular weight excluding hydrogens is 284 g/mol. The maximum atomic E-state index is 11.9. The van der Waals surface area contributed by atoms with Gasteiger partial charge in [-0.05, 0) is 31.6 Å². The van der Waals surface area contributed by atoms with Crippen molar-refractivity contribution < 1.29 is 8.42 Å². The molecule has 5 heteroatoms. The number of rotatable bonds is 5. The molecule has 21 heavy (non-hydrogen) atoms. The van der Waals surface area contributed by atoms with E-state index in [0.29, 0.717) is 11.8 Å². The van der Waals surface area contributed by atoms with Crippen molar-refractivity contribution in [2.24, 2.45) is 5.92 Å². The van der Waals surface area contributed by atoms with Crippen LogP contribution in [-0.2, 0) is 9.84 Å². The lowest BCUT2D eigenvalue weighted by molar-refractivity contribution is 0.0511. The van der Waals surface area contributed by atoms with Crippen molar-refractivity contribution in [3.05, 3.63) is 0 Å². The summed E-state index contributed by atoms with van der Waals surface area (Å²) in [4.78, 5) is 2.52. The lowest BCUT2D eigenvalue weighted by Crippen LogP contribution is -2.65. The molecule has 0 bridgehead atoms. The molecular formula is C16H30N2O2S. The van der Waals surface area contributed by atoms with Gasteiger partial charge >= 0.3 is 0 Å². The average Bonchev–Trinajstić information content (AvgIpc) is 3.31. The van der Waals surface area contributed by atoms with Gasteiger partial charge in [0.25, 0.3) is 0 Å². The van der Waals surface area contributed by atoms with Gasteiger partial charge in [0.15, 0.2) is 9.84 Å². The van der Waals surface area contributed by atoms with Crippen molar-refractivity contribution in [3.63, 3.8) is 0 Å². The Labute approximate surface area is 129 Å². The van der Waals surface area contributed by atoms with Crippen LogP contribution in [0.1, 0.15) is 51.9 Å². The van der Waals surface area contributed by atoms with Crippen LogP contribution in [0.5, 0.6) is 0 Å². The molecule has 0 aromatic rings. The van der Waals surface area contributed by atoms with Gasteiger partial charge in [0.05, 0.1) is 5.75 Å². The SMILES string of the molecule is CCS(=O)(=O)CCN1CC2(CCCCC2)NCC1C1CC1. The van der Waals surface area contributed by atoms with Crippen molar-refractivity contribution >= 4 is 9.84 Å². The first kappa shape index (κ1) is 15.8. The minimum atomic E-state index is -2.85. The van der Waals surface area contributed by atoms with Crippen LogP contribution in [0.25, 0.3) is 0 Å². The first-order valence-electron chi connectivity index (χ1n) is 8.73. The van der Waals surface area contributed by atoms with Crippen LogP contribution in [0, 0.1) is 5.92 Å². The van der Waals surface area contributed by atoms with Crippen LogP contribution in [0.15, 0.2) is 0 Å². The maximum absolute atomic E-state index is 11.9. The fourth-order valence-corrected chi connectivity index (χ4v) is 4.97. The molecule has 3 rings (SSSR count). The van der Waals surface area contributed by atoms with Crippen molar-refractivity contribution in [2.45, 2.75) is 63.5 Å². The maximum Gasteiger partial charge on any atom is 0.151 e. The summed E-state index contributed by atoms with van der Waals surface area (Å²) < 4.78 is 23.7. The van der Waals surface area contributed by atoms with E-state index < -0.39 is 9.84 Å². The quantitative estimate of drug-likeness (QED) is 0.841. The van der Waals surface area contributed by atoms with Crippen LogP contribution < -0.4 is 5.32 Å². The van der Waals surface area contributed by atoms with Crippen LogP contribution in [0.4, 0.5) is 0 Å². The molecule has 1 atom stereocenters. The Morgan fingerprint density at radius 2 is 1.90 bits per heavy atom. The zero-order chi connectivity index (χ0) is 14.9. The van der Waals surface area contributed by atoms with Crippen LogP contribution in [-0.4, -0.2) is 56.0 Å². The normalized spacial score (nSPS) is 30.6. The molecule has 0 aromatic carbocycles. The summed E-state index contributed by atoms with van der Waals surface area (Å²) in [5.74, 6) is 1.42. The van der Waals surface area contributed by atoms with E-state index in [4.69, 9.17) is 0 Å². The molecule has 3 aliphatic rings. The third kappa shape index (κ3) is 3.80. The highest BCUT2D eigenvalue weighted by atomic mass is 32.2. The Morgan fingerprint density at radius 1 is 1.19 bits per heavy atom. The van der Waals surface area contributed by atoms with Gasteiger partial charge in [0, 0.05) is 37.0 Å². The summed E-state index contributed by atoms with van der Waals surface area (Å²) in [7, 11) is -2.85. The van der Waals surface area contributed by atoms with Crippen LogP contribution in [0.3, 0.4) is 0 Å². The Bertz CT molecular complexity index is 453. The van der Waals surface area contributed by atoms with Gasteiger partial charge in [-0.15, -0.1) is 0 Å². The zero-order valence-corrected chi connectivity index (χ0v) is 14.1. The molecule has 3 fully saturated rings. The number of hydrogen-bond donors (Lipinski definition) is 1. The second-order valence-corrected chi connectivity index (χ2v) is 9.81. The number of hydrogen-bond acceptors (Lipinski definition) is 4. The Hall–Kier alpha value is -0.130. The van der Waals surface area contributed by atoms with Crippen LogP contribution in [0.2, 0.25) is 0 Å². The third-order valence-electron chi connectivity index (χ3n) is 5.77. The van der Waals surface area contributed by atoms with Crippen molar-refractivity contribution in [2.75, 3.05) is 31.1 Å². The molecule has 2 saturated carbocycles. The minimum Gasteiger partial charge on any atom is -0.308 e. The standard InChI is InChI=1S/C16H30N2O2S/c1-2-21(19,20)11-10-18-13-16(8-4-3-5-9-16)17-12-15(18)14-6-7-14/h14-15,17H,2-13H2,1H3. The topological polar surface area (TPSA) is 49.4 Å². The Balaban J connectivity index is 1.66. The Kier molecular flexibility index (Phi) is 4.63. The van der Waals surface area contributed by atoms with Crippen molar-refractivity contribution in [1.82, 2.24) is 10.2 Å². The van der Waals surface area contributed by atoms with E-state index in [-0.39, 0.29) is 11.3 Å². The third-order valence-corrected chi connectivity index (χ3v) is 7.45. The van der Waals surface area contributed by atoms with E-state index >= 15 is 0 Å². The first-order valence-corrected chi connectivity index (χ1v) is 10.6. The van der Waals surface area contributed by atoms with E-state index in [1.165, 1.54) is 44.9 Å². The largest absolute Gasteiger partial charge is 0.308 e. The summed E-state index contributed by atoms with van der Waals surface area (Å²) >= 11 is 0. The summed E-state index contributed by atoms with van der Waals surface area (Å²) in [5, 5.41) is 3.86. The monoisotopic (exact) mass is 314 g/mol. The molecule has 0 radical (unpaired) electrons. The summed E-state index contributed by atoms with van der Waals surface area (Å²) in [5.41, 5.74) is 0.277. The Morgan fingerprint density at radius 3 is 2.52 bits per heavy atom. The lowest BCUT2D eigenvalue weighted by atomic mass is 9.79. The molecule has 1 saturated heterocycles. The van der Waals surface area contributed by atoms with Crippen molar-refractivity contribution in [1.29, 1.82) is 0 Å². The predicted octanol–water partition coefficient (Wildman–Crippen LogP) is 1.81. The highest BCUT2D eigenvalue weighted by Gasteiger charge is 2.44. The van der Waals surface area contributed by atoms with Gasteiger partial charge in [-0.2, -0.15) is 0 Å². The zero-order valence-electron chi connectivity index (χ0n) is 13.3. The van der Waals surface area contributed by atoms with Gasteiger partial charge in [-0.25, -0.2) is 8.42 Å². The van der Waals surface area contributed by atoms with Gasteiger partial charge in [-0.1, -0.05) is 26.2 Å². The van der Waals surface area contributed by atoms with Gasteiger partial charge in [0.1, 0.15) is 0 Å². The molecule has 1 heterocycles. The molecule has 1 N–H and O–H groups in total. The van der Waals surface area contributed by atoms with E-state index in [1.807, 2.05) is 0 Å². The number of sulfone groups is 1. The molecule has 122 valence electrons. The average molecular weight is 314 g/mol. The highest BCUT2D eigenvalue weighted by molar-refractivity contribution is 7.91. The number of nitrogens with one attached hydrogen (secondary N) is 1. The van der Waals surface area contributed by atoms with E-state index in [0.717, 1.165) is 25.6 Å². The van der Waals surface area contributed by atoms with Gasteiger partial charge in [0.2, 0.25) is 0 Å². The number of nitrogens with zero attached hydrogens (tertiary/aromatic N) is 1. The highest BCUT2D eigenvalue weighted by Crippen LogP contribution is 2.39. The second-order valence-electron chi connectivity index (χ2n) is 7.33. The smallest absolute Gasteiger partial charge is 0.151 e. The molecule has 1 unspecified atom stereocenters. The fraction of sp³-hybridized carbons (Fsp3) is 1.00. The van der Waals surface area contributed by atoms with E-state index in [9.17, 15) is 8.42 Å². The van der Waals surface area contributed by atoms with Gasteiger partial charge in [-0.3, -0.25) is 4.90 Å². The summed E-state index contributed by atoms with van der Waals surface area (Å²) in [6.45, 7) is 4.62. The van der Waals surface area contributed by atoms with E-state index in [2.05, 4.69) is 10.2 Å². The van der Waals surface area contributed by atoms with Crippen LogP contribution >= 0.6 is 0 Å². The molecule has 0 aromatic heterocycles. The molecule has 1 spiro atoms. The lowest BCUT2D eigenvalue weighted by Gasteiger charge is -2.50. The van der Waals surface area contributed by atoms with E-state index in [1.54, 1.807) is 6.92 Å². The number of piperazine rings is 1. The minimum absolute atomic E-state index is 0.276. The fourth-order valence-electron chi connectivity index (χ4n) is 4.17. The summed E-state index contributed by atoms with van der Waals surface area (Å²) in [6, 6.07) is 0.574. The van der Waals surface area contributed by atoms with Crippen molar-refractivity contribution in [3.8, 4) is 0 Å². The molecule has 1 aliphatic heterocycles. The molecule has 2 aliphatic carbocycles.